The highest BCUT2D eigenvalue weighted by Gasteiger charge is 2.42. The maximum atomic E-state index is 3.87. The maximum Gasteiger partial charge on any atom is 0.0455 e. The van der Waals surface area contributed by atoms with Gasteiger partial charge in [-0.25, -0.2) is 0 Å². The molecule has 0 saturated carbocycles. The lowest BCUT2D eigenvalue weighted by Gasteiger charge is -2.26. The lowest BCUT2D eigenvalue weighted by molar-refractivity contribution is 0.368. The fourth-order valence-corrected chi connectivity index (χ4v) is 3.85. The molecule has 0 aromatic heterocycles. The molecular weight excluding hydrogens is 230 g/mol. The first-order valence-electron chi connectivity index (χ1n) is 7.11. The predicted octanol–water partition coefficient (Wildman–Crippen LogP) is 3.65. The van der Waals surface area contributed by atoms with Gasteiger partial charge in [0.2, 0.25) is 0 Å². The molecule has 1 N–H and O–H groups in total. The molecule has 2 unspecified atom stereocenters. The number of hydrogen-bond donors (Lipinski definition) is 1. The molecule has 0 fully saturated rings. The molecule has 2 aliphatic heterocycles. The molecule has 2 aromatic rings. The number of nitrogens with one attached hydrogen (secondary N) is 1. The van der Waals surface area contributed by atoms with Gasteiger partial charge in [0.1, 0.15) is 0 Å². The van der Waals surface area contributed by atoms with Crippen LogP contribution in [0.4, 0.5) is 0 Å². The molecule has 19 heavy (non-hydrogen) atoms. The first-order chi connectivity index (χ1) is 9.16. The van der Waals surface area contributed by atoms with Crippen LogP contribution >= 0.6 is 0 Å². The Kier molecular flexibility index (Phi) is 2.19. The highest BCUT2D eigenvalue weighted by molar-refractivity contribution is 5.48. The Balaban J connectivity index is 1.91. The highest BCUT2D eigenvalue weighted by Crippen LogP contribution is 2.44. The summed E-state index contributed by atoms with van der Waals surface area (Å²) in [6.07, 6.45) is 2.21. The van der Waals surface area contributed by atoms with Crippen molar-refractivity contribution in [2.45, 2.75) is 38.3 Å². The number of hydrogen-bond acceptors (Lipinski definition) is 1. The van der Waals surface area contributed by atoms with E-state index in [2.05, 4.69) is 61.6 Å². The van der Waals surface area contributed by atoms with Crippen molar-refractivity contribution >= 4 is 0 Å². The standard InChI is InChI=1S/C18H19N/c1-12-7-8-16-15(9-12)17-10-13-5-3-4-6-14(13)11-18(16,2)19-17/h3-9,17,19H,10-11H2,1-2H3. The normalized spacial score (nSPS) is 27.6. The molecule has 2 atom stereocenters. The van der Waals surface area contributed by atoms with Crippen molar-refractivity contribution in [1.29, 1.82) is 0 Å². The van der Waals surface area contributed by atoms with E-state index in [0.29, 0.717) is 6.04 Å². The summed E-state index contributed by atoms with van der Waals surface area (Å²) >= 11 is 0. The fourth-order valence-electron chi connectivity index (χ4n) is 3.85. The second-order valence-corrected chi connectivity index (χ2v) is 6.27. The molecule has 96 valence electrons. The number of benzene rings is 2. The van der Waals surface area contributed by atoms with Crippen molar-refractivity contribution in [2.75, 3.05) is 0 Å². The van der Waals surface area contributed by atoms with Crippen molar-refractivity contribution in [1.82, 2.24) is 5.32 Å². The Bertz CT molecular complexity index is 658. The van der Waals surface area contributed by atoms with Crippen molar-refractivity contribution in [2.24, 2.45) is 0 Å². The lowest BCUT2D eigenvalue weighted by Crippen LogP contribution is -2.36. The first kappa shape index (κ1) is 11.2. The summed E-state index contributed by atoms with van der Waals surface area (Å²) < 4.78 is 0. The molecule has 2 aromatic carbocycles. The summed E-state index contributed by atoms with van der Waals surface area (Å²) in [5.41, 5.74) is 7.49. The predicted molar refractivity (Wildman–Crippen MR) is 78.3 cm³/mol. The smallest absolute Gasteiger partial charge is 0.0455 e. The van der Waals surface area contributed by atoms with Crippen LogP contribution in [0, 0.1) is 6.92 Å². The van der Waals surface area contributed by atoms with E-state index < -0.39 is 0 Å². The minimum Gasteiger partial charge on any atom is -0.300 e. The lowest BCUT2D eigenvalue weighted by atomic mass is 9.82. The van der Waals surface area contributed by atoms with Crippen LogP contribution < -0.4 is 5.32 Å². The first-order valence-corrected chi connectivity index (χ1v) is 7.11. The Morgan fingerprint density at radius 2 is 1.89 bits per heavy atom. The second-order valence-electron chi connectivity index (χ2n) is 6.27. The van der Waals surface area contributed by atoms with Gasteiger partial charge in [0, 0.05) is 11.6 Å². The van der Waals surface area contributed by atoms with Gasteiger partial charge in [-0.15, -0.1) is 0 Å². The van der Waals surface area contributed by atoms with Gasteiger partial charge in [0.25, 0.3) is 0 Å². The molecule has 1 heteroatoms. The zero-order valence-corrected chi connectivity index (χ0v) is 11.5. The monoisotopic (exact) mass is 249 g/mol. The third-order valence-corrected chi connectivity index (χ3v) is 4.76. The summed E-state index contributed by atoms with van der Waals surface area (Å²) in [5, 5.41) is 3.87. The van der Waals surface area contributed by atoms with Crippen LogP contribution in [0.2, 0.25) is 0 Å². The number of aryl methyl sites for hydroxylation is 1. The van der Waals surface area contributed by atoms with Crippen LogP contribution in [-0.4, -0.2) is 0 Å². The minimum absolute atomic E-state index is 0.0975. The van der Waals surface area contributed by atoms with E-state index in [1.807, 2.05) is 0 Å². The third kappa shape index (κ3) is 1.58. The van der Waals surface area contributed by atoms with Gasteiger partial charge < -0.3 is 5.32 Å². The Morgan fingerprint density at radius 1 is 1.11 bits per heavy atom. The molecule has 0 aliphatic carbocycles. The van der Waals surface area contributed by atoms with E-state index >= 15 is 0 Å². The fraction of sp³-hybridized carbons (Fsp3) is 0.333. The van der Waals surface area contributed by atoms with Crippen molar-refractivity contribution < 1.29 is 0 Å². The van der Waals surface area contributed by atoms with Crippen LogP contribution in [0.3, 0.4) is 0 Å². The molecule has 2 bridgehead atoms. The van der Waals surface area contributed by atoms with E-state index in [4.69, 9.17) is 0 Å². The summed E-state index contributed by atoms with van der Waals surface area (Å²) in [6, 6.07) is 16.3. The van der Waals surface area contributed by atoms with Gasteiger partial charge >= 0.3 is 0 Å². The molecule has 2 heterocycles. The third-order valence-electron chi connectivity index (χ3n) is 4.76. The molecule has 0 saturated heterocycles. The minimum atomic E-state index is 0.0975. The van der Waals surface area contributed by atoms with Crippen molar-refractivity contribution in [3.05, 3.63) is 70.3 Å². The van der Waals surface area contributed by atoms with Gasteiger partial charge in [0.05, 0.1) is 0 Å². The quantitative estimate of drug-likeness (QED) is 0.751. The Hall–Kier alpha value is -1.60. The van der Waals surface area contributed by atoms with E-state index in [1.165, 1.54) is 27.8 Å². The SMILES string of the molecule is Cc1ccc2c(c1)C1Cc3ccccc3CC2(C)N1. The van der Waals surface area contributed by atoms with Crippen LogP contribution in [0.15, 0.2) is 42.5 Å². The molecular formula is C18H19N. The van der Waals surface area contributed by atoms with Gasteiger partial charge in [0.15, 0.2) is 0 Å². The molecule has 0 spiro atoms. The van der Waals surface area contributed by atoms with E-state index in [9.17, 15) is 0 Å². The van der Waals surface area contributed by atoms with Gasteiger partial charge in [-0.2, -0.15) is 0 Å². The molecule has 2 aliphatic rings. The van der Waals surface area contributed by atoms with E-state index in [-0.39, 0.29) is 5.54 Å². The molecule has 0 amide bonds. The van der Waals surface area contributed by atoms with Crippen LogP contribution in [-0.2, 0) is 18.4 Å². The molecule has 0 radical (unpaired) electrons. The van der Waals surface area contributed by atoms with Gasteiger partial charge in [-0.1, -0.05) is 48.0 Å². The van der Waals surface area contributed by atoms with Gasteiger partial charge in [-0.05, 0) is 48.9 Å². The Labute approximate surface area is 114 Å². The summed E-state index contributed by atoms with van der Waals surface area (Å²) in [6.45, 7) is 4.54. The average molecular weight is 249 g/mol. The van der Waals surface area contributed by atoms with Crippen molar-refractivity contribution in [3.63, 3.8) is 0 Å². The zero-order valence-electron chi connectivity index (χ0n) is 11.5. The zero-order chi connectivity index (χ0) is 13.0. The summed E-state index contributed by atoms with van der Waals surface area (Å²) in [4.78, 5) is 0. The maximum absolute atomic E-state index is 3.87. The summed E-state index contributed by atoms with van der Waals surface area (Å²) in [7, 11) is 0. The topological polar surface area (TPSA) is 12.0 Å². The Morgan fingerprint density at radius 3 is 2.74 bits per heavy atom. The van der Waals surface area contributed by atoms with Crippen LogP contribution in [0.1, 0.15) is 40.8 Å². The van der Waals surface area contributed by atoms with Crippen molar-refractivity contribution in [3.8, 4) is 0 Å². The van der Waals surface area contributed by atoms with Crippen LogP contribution in [0.5, 0.6) is 0 Å². The number of fused-ring (bicyclic) bond motifs is 6. The number of rotatable bonds is 0. The summed E-state index contributed by atoms with van der Waals surface area (Å²) in [5.74, 6) is 0. The average Bonchev–Trinajstić information content (AvgIpc) is 2.55. The molecule has 4 rings (SSSR count). The van der Waals surface area contributed by atoms with Gasteiger partial charge in [-0.3, -0.25) is 0 Å². The molecule has 1 nitrogen and oxygen atoms in total. The van der Waals surface area contributed by atoms with E-state index in [1.54, 1.807) is 0 Å². The largest absolute Gasteiger partial charge is 0.300 e. The second kappa shape index (κ2) is 3.71. The van der Waals surface area contributed by atoms with Crippen LogP contribution in [0.25, 0.3) is 0 Å². The van der Waals surface area contributed by atoms with E-state index in [0.717, 1.165) is 12.8 Å². The highest BCUT2D eigenvalue weighted by atomic mass is 15.0.